The summed E-state index contributed by atoms with van der Waals surface area (Å²) < 4.78 is 27.2. The Hall–Kier alpha value is -2.98. The molecule has 4 N–H and O–H groups in total. The molecule has 0 atom stereocenters. The minimum Gasteiger partial charge on any atom is -0.321 e. The van der Waals surface area contributed by atoms with Crippen molar-refractivity contribution in [2.24, 2.45) is 5.73 Å². The summed E-state index contributed by atoms with van der Waals surface area (Å²) >= 11 is 0. The smallest absolute Gasteiger partial charge is 0.321 e. The van der Waals surface area contributed by atoms with Crippen LogP contribution in [0.2, 0.25) is 0 Å². The van der Waals surface area contributed by atoms with Crippen LogP contribution in [0.4, 0.5) is 10.5 Å². The molecule has 2 saturated heterocycles. The summed E-state index contributed by atoms with van der Waals surface area (Å²) in [6.07, 6.45) is 4.63. The summed E-state index contributed by atoms with van der Waals surface area (Å²) in [6, 6.07) is 12.6. The van der Waals surface area contributed by atoms with Gasteiger partial charge in [-0.15, -0.1) is 0 Å². The molecule has 0 radical (unpaired) electrons. The highest BCUT2D eigenvalue weighted by Gasteiger charge is 2.35. The van der Waals surface area contributed by atoms with Gasteiger partial charge in [-0.2, -0.15) is 0 Å². The molecule has 1 aromatic heterocycles. The fourth-order valence-corrected chi connectivity index (χ4v) is 6.02. The number of amides is 2. The van der Waals surface area contributed by atoms with Crippen LogP contribution in [0.15, 0.2) is 48.7 Å². The van der Waals surface area contributed by atoms with Crippen LogP contribution in [-0.2, 0) is 15.8 Å². The van der Waals surface area contributed by atoms with E-state index in [1.165, 1.54) is 4.31 Å². The highest BCUT2D eigenvalue weighted by atomic mass is 32.2. The van der Waals surface area contributed by atoms with Crippen molar-refractivity contribution in [1.29, 1.82) is 0 Å². The Kier molecular flexibility index (Phi) is 6.94. The zero-order valence-corrected chi connectivity index (χ0v) is 19.5. The van der Waals surface area contributed by atoms with Crippen LogP contribution in [0.1, 0.15) is 36.9 Å². The van der Waals surface area contributed by atoms with Crippen LogP contribution in [0.5, 0.6) is 0 Å². The number of sulfonamides is 1. The number of amidine groups is 1. The topological polar surface area (TPSA) is 125 Å². The van der Waals surface area contributed by atoms with Gasteiger partial charge in [0.1, 0.15) is 5.75 Å². The maximum atomic E-state index is 13.5. The van der Waals surface area contributed by atoms with E-state index < -0.39 is 10.0 Å². The highest BCUT2D eigenvalue weighted by molar-refractivity contribution is 7.88. The first-order valence-corrected chi connectivity index (χ1v) is 12.9. The fourth-order valence-electron chi connectivity index (χ4n) is 4.52. The maximum Gasteiger partial charge on any atom is 0.324 e. The molecule has 0 unspecified atom stereocenters. The Balaban J connectivity index is 1.43. The molecule has 3 heterocycles. The van der Waals surface area contributed by atoms with E-state index in [-0.39, 0.29) is 23.7 Å². The second-order valence-electron chi connectivity index (χ2n) is 8.55. The number of aromatic nitrogens is 1. The normalized spacial score (nSPS) is 18.8. The maximum absolute atomic E-state index is 13.5. The van der Waals surface area contributed by atoms with Gasteiger partial charge in [-0.05, 0) is 56.0 Å². The number of hydrogen-bond acceptors (Lipinski definition) is 4. The van der Waals surface area contributed by atoms with Crippen LogP contribution >= 0.6 is 0 Å². The van der Waals surface area contributed by atoms with Crippen molar-refractivity contribution in [2.45, 2.75) is 37.5 Å². The number of carbonyl (C=O) groups excluding carboxylic acids is 1. The first-order chi connectivity index (χ1) is 15.8. The molecular formula is C23H31N6O3S+. The summed E-state index contributed by atoms with van der Waals surface area (Å²) in [4.78, 5) is 21.3. The van der Waals surface area contributed by atoms with Crippen molar-refractivity contribution in [2.75, 3.05) is 31.1 Å². The van der Waals surface area contributed by atoms with Gasteiger partial charge in [-0.25, -0.2) is 17.5 Å². The van der Waals surface area contributed by atoms with E-state index in [1.54, 1.807) is 29.3 Å². The predicted octanol–water partition coefficient (Wildman–Crippen LogP) is 0.563. The standard InChI is InChI=1S/C23H30N6O3S/c24-22(25)18-6-5-8-21(16-18)29-13-4-3-12-28(23(29)30)20-9-14-27(15-10-20)33(31,32)17-19-7-1-2-11-26-19/h1-2,5-8,11,16,20H,3-4,9-10,12-15,17H2,(H3,24,25)/p+1. The fraction of sp³-hybridized carbons (Fsp3) is 0.435. The number of hydrogen-bond donors (Lipinski definition) is 2. The largest absolute Gasteiger partial charge is 0.324 e. The molecule has 0 saturated carbocycles. The molecule has 2 aliphatic rings. The number of nitrogens with two attached hydrogens (primary N) is 2. The lowest BCUT2D eigenvalue weighted by molar-refractivity contribution is -0.114. The predicted molar refractivity (Wildman–Crippen MR) is 127 cm³/mol. The van der Waals surface area contributed by atoms with Gasteiger partial charge in [0.15, 0.2) is 0 Å². The number of carbonyl (C=O) groups is 1. The average molecular weight is 472 g/mol. The Morgan fingerprint density at radius 3 is 2.52 bits per heavy atom. The van der Waals surface area contributed by atoms with E-state index >= 15 is 0 Å². The molecule has 9 nitrogen and oxygen atoms in total. The zero-order chi connectivity index (χ0) is 23.4. The van der Waals surface area contributed by atoms with Crippen LogP contribution in [0, 0.1) is 0 Å². The van der Waals surface area contributed by atoms with Gasteiger partial charge < -0.3 is 4.90 Å². The van der Waals surface area contributed by atoms with Crippen molar-refractivity contribution in [3.05, 3.63) is 59.9 Å². The summed E-state index contributed by atoms with van der Waals surface area (Å²) in [5.74, 6) is 0.113. The number of rotatable bonds is 6. The van der Waals surface area contributed by atoms with E-state index in [1.807, 2.05) is 29.2 Å². The minimum absolute atomic E-state index is 0.00808. The number of nitrogens with zero attached hydrogens (tertiary/aromatic N) is 4. The summed E-state index contributed by atoms with van der Waals surface area (Å²) in [5.41, 5.74) is 7.75. The van der Waals surface area contributed by atoms with Crippen LogP contribution in [-0.4, -0.2) is 66.7 Å². The lowest BCUT2D eigenvalue weighted by Gasteiger charge is -2.39. The molecule has 2 amide bonds. The van der Waals surface area contributed by atoms with Crippen molar-refractivity contribution in [3.8, 4) is 0 Å². The van der Waals surface area contributed by atoms with Gasteiger partial charge >= 0.3 is 6.03 Å². The van der Waals surface area contributed by atoms with Gasteiger partial charge in [0.05, 0.1) is 11.3 Å². The number of pyridine rings is 1. The molecule has 2 aliphatic heterocycles. The third-order valence-corrected chi connectivity index (χ3v) is 8.13. The second-order valence-corrected chi connectivity index (χ2v) is 10.5. The molecule has 4 rings (SSSR count). The molecule has 2 fully saturated rings. The Labute approximate surface area is 194 Å². The van der Waals surface area contributed by atoms with Crippen molar-refractivity contribution < 1.29 is 18.6 Å². The number of anilines is 1. The van der Waals surface area contributed by atoms with Crippen molar-refractivity contribution in [1.82, 2.24) is 14.2 Å². The van der Waals surface area contributed by atoms with E-state index in [0.717, 1.165) is 18.5 Å². The van der Waals surface area contributed by atoms with E-state index in [2.05, 4.69) is 4.98 Å². The monoisotopic (exact) mass is 471 g/mol. The van der Waals surface area contributed by atoms with Gasteiger partial charge in [0, 0.05) is 44.1 Å². The molecule has 0 aliphatic carbocycles. The second kappa shape index (κ2) is 9.88. The van der Waals surface area contributed by atoms with Gasteiger partial charge in [-0.1, -0.05) is 12.1 Å². The lowest BCUT2D eigenvalue weighted by Crippen LogP contribution is -2.52. The first kappa shape index (κ1) is 23.2. The van der Waals surface area contributed by atoms with Gasteiger partial charge in [0.2, 0.25) is 10.0 Å². The SMILES string of the molecule is NC(=[NH2+])c1cccc(N2CCCCN(C3CCN(S(=O)(=O)Cc4ccccn4)CC3)C2=O)c1. The van der Waals surface area contributed by atoms with Crippen LogP contribution in [0.3, 0.4) is 0 Å². The number of urea groups is 1. The highest BCUT2D eigenvalue weighted by Crippen LogP contribution is 2.26. The first-order valence-electron chi connectivity index (χ1n) is 11.3. The Morgan fingerprint density at radius 2 is 1.82 bits per heavy atom. The molecule has 0 spiro atoms. The molecule has 0 bridgehead atoms. The zero-order valence-electron chi connectivity index (χ0n) is 18.6. The summed E-state index contributed by atoms with van der Waals surface area (Å²) in [6.45, 7) is 2.10. The van der Waals surface area contributed by atoms with E-state index in [4.69, 9.17) is 11.1 Å². The van der Waals surface area contributed by atoms with E-state index in [0.29, 0.717) is 50.3 Å². The molecule has 1 aromatic carbocycles. The average Bonchev–Trinajstić information content (AvgIpc) is 3.01. The lowest BCUT2D eigenvalue weighted by atomic mass is 10.0. The molecule has 2 aromatic rings. The van der Waals surface area contributed by atoms with E-state index in [9.17, 15) is 13.2 Å². The molecule has 33 heavy (non-hydrogen) atoms. The molecule has 176 valence electrons. The van der Waals surface area contributed by atoms with Crippen molar-refractivity contribution >= 4 is 27.6 Å². The third-order valence-electron chi connectivity index (χ3n) is 6.31. The van der Waals surface area contributed by atoms with Crippen molar-refractivity contribution in [3.63, 3.8) is 0 Å². The summed E-state index contributed by atoms with van der Waals surface area (Å²) in [5, 5.41) is 5.74. The van der Waals surface area contributed by atoms with Gasteiger partial charge in [-0.3, -0.25) is 21.0 Å². The Bertz CT molecular complexity index is 1100. The number of benzene rings is 1. The molecule has 10 heteroatoms. The number of piperidine rings is 1. The Morgan fingerprint density at radius 1 is 1.06 bits per heavy atom. The van der Waals surface area contributed by atoms with Gasteiger partial charge in [0.25, 0.3) is 5.84 Å². The van der Waals surface area contributed by atoms with Crippen LogP contribution < -0.4 is 16.0 Å². The van der Waals surface area contributed by atoms with Crippen LogP contribution in [0.25, 0.3) is 0 Å². The minimum atomic E-state index is -3.45. The molecular weight excluding hydrogens is 440 g/mol. The third kappa shape index (κ3) is 5.33. The summed E-state index contributed by atoms with van der Waals surface area (Å²) in [7, 11) is -3.45. The quantitative estimate of drug-likeness (QED) is 0.470.